The number of carbonyl (C=O) groups is 2. The molecule has 1 N–H and O–H groups in total. The molecule has 0 aromatic heterocycles. The second-order valence-corrected chi connectivity index (χ2v) is 7.53. The maximum atomic E-state index is 12.7. The Morgan fingerprint density at radius 3 is 2.52 bits per heavy atom. The SMILES string of the molecule is CC(=O)N1N=C(c2ccccc2NC(=O)c2ccc(Cl)cc2)OC1c1cccc([N+](=O)[O-])c1. The standard InChI is InChI=1S/C23H17ClN4O5/c1-14(29)27-23(16-5-4-6-18(13-16)28(31)32)33-22(26-27)19-7-2-3-8-20(19)25-21(30)15-9-11-17(24)12-10-15/h2-13,23H,1H3,(H,25,30). The molecule has 1 aliphatic heterocycles. The van der Waals surface area contributed by atoms with Crippen LogP contribution < -0.4 is 5.32 Å². The average molecular weight is 465 g/mol. The van der Waals surface area contributed by atoms with Crippen molar-refractivity contribution in [2.75, 3.05) is 5.32 Å². The number of ether oxygens (including phenoxy) is 1. The number of non-ortho nitro benzene ring substituents is 1. The van der Waals surface area contributed by atoms with E-state index in [0.29, 0.717) is 27.4 Å². The summed E-state index contributed by atoms with van der Waals surface area (Å²) in [7, 11) is 0. The Morgan fingerprint density at radius 2 is 1.82 bits per heavy atom. The number of para-hydroxylation sites is 1. The molecule has 1 aliphatic rings. The van der Waals surface area contributed by atoms with Crippen molar-refractivity contribution in [3.8, 4) is 0 Å². The summed E-state index contributed by atoms with van der Waals surface area (Å²) in [6.07, 6.45) is -0.988. The summed E-state index contributed by atoms with van der Waals surface area (Å²) in [5.41, 5.74) is 1.52. The van der Waals surface area contributed by atoms with Crippen molar-refractivity contribution >= 4 is 40.7 Å². The predicted octanol–water partition coefficient (Wildman–Crippen LogP) is 4.74. The second kappa shape index (κ2) is 9.09. The summed E-state index contributed by atoms with van der Waals surface area (Å²) in [4.78, 5) is 35.5. The number of nitrogens with one attached hydrogen (secondary N) is 1. The first kappa shape index (κ1) is 22.0. The minimum atomic E-state index is -0.988. The van der Waals surface area contributed by atoms with Gasteiger partial charge in [-0.2, -0.15) is 5.01 Å². The highest BCUT2D eigenvalue weighted by atomic mass is 35.5. The van der Waals surface area contributed by atoms with Gasteiger partial charge in [0.15, 0.2) is 0 Å². The highest BCUT2D eigenvalue weighted by molar-refractivity contribution is 6.30. The molecule has 33 heavy (non-hydrogen) atoms. The number of carbonyl (C=O) groups excluding carboxylic acids is 2. The van der Waals surface area contributed by atoms with Crippen LogP contribution in [-0.2, 0) is 9.53 Å². The molecule has 0 fully saturated rings. The Labute approximate surface area is 193 Å². The molecule has 1 heterocycles. The van der Waals surface area contributed by atoms with Gasteiger partial charge in [-0.3, -0.25) is 19.7 Å². The van der Waals surface area contributed by atoms with Crippen LogP contribution >= 0.6 is 11.6 Å². The number of nitro groups is 1. The molecule has 0 saturated carbocycles. The number of rotatable bonds is 5. The molecule has 0 aliphatic carbocycles. The van der Waals surface area contributed by atoms with E-state index in [1.807, 2.05) is 0 Å². The van der Waals surface area contributed by atoms with Crippen LogP contribution in [0.5, 0.6) is 0 Å². The molecule has 166 valence electrons. The van der Waals surface area contributed by atoms with Gasteiger partial charge in [0.1, 0.15) is 0 Å². The maximum absolute atomic E-state index is 12.7. The molecule has 0 bridgehead atoms. The first-order valence-corrected chi connectivity index (χ1v) is 10.2. The van der Waals surface area contributed by atoms with E-state index in [-0.39, 0.29) is 17.5 Å². The highest BCUT2D eigenvalue weighted by Crippen LogP contribution is 2.33. The molecular weight excluding hydrogens is 448 g/mol. The normalized spacial score (nSPS) is 14.9. The van der Waals surface area contributed by atoms with Crippen molar-refractivity contribution in [1.82, 2.24) is 5.01 Å². The van der Waals surface area contributed by atoms with Crippen LogP contribution in [0.15, 0.2) is 77.9 Å². The molecule has 1 unspecified atom stereocenters. The van der Waals surface area contributed by atoms with Crippen molar-refractivity contribution < 1.29 is 19.2 Å². The van der Waals surface area contributed by atoms with E-state index in [1.165, 1.54) is 25.1 Å². The van der Waals surface area contributed by atoms with Crippen molar-refractivity contribution in [3.05, 3.63) is 105 Å². The quantitative estimate of drug-likeness (QED) is 0.432. The fourth-order valence-electron chi connectivity index (χ4n) is 3.26. The number of hydrazone groups is 1. The molecule has 1 atom stereocenters. The smallest absolute Gasteiger partial charge is 0.269 e. The van der Waals surface area contributed by atoms with E-state index < -0.39 is 17.1 Å². The number of anilines is 1. The summed E-state index contributed by atoms with van der Waals surface area (Å²) in [5.74, 6) is -0.686. The topological polar surface area (TPSA) is 114 Å². The molecule has 3 aromatic rings. The fraction of sp³-hybridized carbons (Fsp3) is 0.0870. The average Bonchev–Trinajstić information content (AvgIpc) is 3.26. The fourth-order valence-corrected chi connectivity index (χ4v) is 3.38. The van der Waals surface area contributed by atoms with Crippen LogP contribution in [0.25, 0.3) is 0 Å². The molecule has 10 heteroatoms. The number of hydrogen-bond acceptors (Lipinski definition) is 6. The molecule has 0 saturated heterocycles. The van der Waals surface area contributed by atoms with Crippen LogP contribution in [0, 0.1) is 10.1 Å². The summed E-state index contributed by atoms with van der Waals surface area (Å²) in [6.45, 7) is 1.31. The van der Waals surface area contributed by atoms with E-state index >= 15 is 0 Å². The summed E-state index contributed by atoms with van der Waals surface area (Å²) in [5, 5.41) is 19.9. The largest absolute Gasteiger partial charge is 0.446 e. The third-order valence-electron chi connectivity index (χ3n) is 4.84. The Morgan fingerprint density at radius 1 is 1.09 bits per heavy atom. The second-order valence-electron chi connectivity index (χ2n) is 7.10. The highest BCUT2D eigenvalue weighted by Gasteiger charge is 2.34. The minimum absolute atomic E-state index is 0.0914. The van der Waals surface area contributed by atoms with Gasteiger partial charge in [0.2, 0.25) is 18.0 Å². The summed E-state index contributed by atoms with van der Waals surface area (Å²) < 4.78 is 5.95. The molecule has 0 radical (unpaired) electrons. The molecular formula is C23H17ClN4O5. The first-order valence-electron chi connectivity index (χ1n) is 9.79. The lowest BCUT2D eigenvalue weighted by Crippen LogP contribution is -2.25. The Hall–Kier alpha value is -4.24. The number of benzene rings is 3. The monoisotopic (exact) mass is 464 g/mol. The van der Waals surface area contributed by atoms with Gasteiger partial charge in [-0.25, -0.2) is 0 Å². The zero-order chi connectivity index (χ0) is 23.5. The zero-order valence-electron chi connectivity index (χ0n) is 17.3. The number of hydrogen-bond donors (Lipinski definition) is 1. The molecule has 0 spiro atoms. The van der Waals surface area contributed by atoms with Crippen molar-refractivity contribution in [2.45, 2.75) is 13.2 Å². The minimum Gasteiger partial charge on any atom is -0.446 e. The van der Waals surface area contributed by atoms with Gasteiger partial charge in [-0.1, -0.05) is 35.9 Å². The number of nitrogens with zero attached hydrogens (tertiary/aromatic N) is 3. The van der Waals surface area contributed by atoms with Crippen LogP contribution in [-0.4, -0.2) is 27.6 Å². The van der Waals surface area contributed by atoms with Crippen LogP contribution in [0.4, 0.5) is 11.4 Å². The third-order valence-corrected chi connectivity index (χ3v) is 5.10. The maximum Gasteiger partial charge on any atom is 0.269 e. The first-order chi connectivity index (χ1) is 15.8. The van der Waals surface area contributed by atoms with Gasteiger partial charge in [0, 0.05) is 35.2 Å². The van der Waals surface area contributed by atoms with E-state index in [0.717, 1.165) is 5.01 Å². The van der Waals surface area contributed by atoms with Gasteiger partial charge >= 0.3 is 0 Å². The summed E-state index contributed by atoms with van der Waals surface area (Å²) in [6, 6.07) is 19.0. The number of nitro benzene ring substituents is 1. The van der Waals surface area contributed by atoms with Gasteiger partial charge in [0.25, 0.3) is 11.6 Å². The third kappa shape index (κ3) is 4.68. The molecule has 9 nitrogen and oxygen atoms in total. The van der Waals surface area contributed by atoms with Crippen LogP contribution in [0.2, 0.25) is 5.02 Å². The van der Waals surface area contributed by atoms with E-state index in [2.05, 4.69) is 10.4 Å². The van der Waals surface area contributed by atoms with Crippen LogP contribution in [0.1, 0.15) is 34.6 Å². The number of amides is 2. The lowest BCUT2D eigenvalue weighted by Gasteiger charge is -2.19. The molecule has 4 rings (SSSR count). The van der Waals surface area contributed by atoms with Gasteiger partial charge in [0.05, 0.1) is 16.2 Å². The van der Waals surface area contributed by atoms with Crippen molar-refractivity contribution in [3.63, 3.8) is 0 Å². The Balaban J connectivity index is 1.64. The van der Waals surface area contributed by atoms with E-state index in [1.54, 1.807) is 54.6 Å². The molecule has 3 aromatic carbocycles. The predicted molar refractivity (Wildman–Crippen MR) is 122 cm³/mol. The van der Waals surface area contributed by atoms with Gasteiger partial charge in [-0.15, -0.1) is 5.10 Å². The lowest BCUT2D eigenvalue weighted by atomic mass is 10.1. The van der Waals surface area contributed by atoms with E-state index in [9.17, 15) is 19.7 Å². The van der Waals surface area contributed by atoms with Crippen molar-refractivity contribution in [2.24, 2.45) is 5.10 Å². The van der Waals surface area contributed by atoms with Gasteiger partial charge in [-0.05, 0) is 36.4 Å². The Kier molecular flexibility index (Phi) is 6.05. The Bertz CT molecular complexity index is 1280. The van der Waals surface area contributed by atoms with E-state index in [4.69, 9.17) is 16.3 Å². The summed E-state index contributed by atoms with van der Waals surface area (Å²) >= 11 is 5.88. The van der Waals surface area contributed by atoms with Gasteiger partial charge < -0.3 is 10.1 Å². The number of halogens is 1. The lowest BCUT2D eigenvalue weighted by molar-refractivity contribution is -0.385. The molecule has 2 amide bonds. The zero-order valence-corrected chi connectivity index (χ0v) is 18.0. The van der Waals surface area contributed by atoms with Crippen molar-refractivity contribution in [1.29, 1.82) is 0 Å². The van der Waals surface area contributed by atoms with Crippen LogP contribution in [0.3, 0.4) is 0 Å².